The lowest BCUT2D eigenvalue weighted by molar-refractivity contribution is 0.374. The number of nitriles is 1. The Labute approximate surface area is 174 Å². The zero-order valence-corrected chi connectivity index (χ0v) is 17.1. The lowest BCUT2D eigenvalue weighted by atomic mass is 10.1. The number of halogens is 1. The van der Waals surface area contributed by atoms with Crippen LogP contribution < -0.4 is 4.90 Å². The van der Waals surface area contributed by atoms with Gasteiger partial charge in [-0.25, -0.2) is 12.8 Å². The van der Waals surface area contributed by atoms with Gasteiger partial charge in [0.25, 0.3) is 0 Å². The predicted octanol–water partition coefficient (Wildman–Crippen LogP) is 3.17. The van der Waals surface area contributed by atoms with Crippen LogP contribution >= 0.6 is 0 Å². The van der Waals surface area contributed by atoms with Gasteiger partial charge < -0.3 is 9.32 Å². The van der Waals surface area contributed by atoms with Gasteiger partial charge in [0.05, 0.1) is 4.90 Å². The Hall–Kier alpha value is -3.22. The summed E-state index contributed by atoms with van der Waals surface area (Å²) in [4.78, 5) is 6.16. The number of piperazine rings is 1. The first-order valence-corrected chi connectivity index (χ1v) is 10.8. The number of rotatable bonds is 4. The highest BCUT2D eigenvalue weighted by molar-refractivity contribution is 7.89. The standard InChI is InChI=1S/C21H19FN4O3S/c1-15-2-4-16(5-3-15)20-24-19(14-23)21(29-20)25-10-12-26(13-11-25)30(27,28)18-8-6-17(22)7-9-18/h2-9H,10-13H2,1H3. The van der Waals surface area contributed by atoms with Gasteiger partial charge in [0.15, 0.2) is 0 Å². The Morgan fingerprint density at radius 1 is 1.03 bits per heavy atom. The number of aryl methyl sites for hydroxylation is 1. The molecule has 1 saturated heterocycles. The highest BCUT2D eigenvalue weighted by Gasteiger charge is 2.31. The maximum Gasteiger partial charge on any atom is 0.243 e. The summed E-state index contributed by atoms with van der Waals surface area (Å²) in [6, 6.07) is 14.4. The first kappa shape index (κ1) is 20.1. The fourth-order valence-corrected chi connectivity index (χ4v) is 4.73. The third-order valence-corrected chi connectivity index (χ3v) is 6.90. The Kier molecular flexibility index (Phi) is 5.28. The maximum absolute atomic E-state index is 13.1. The highest BCUT2D eigenvalue weighted by atomic mass is 32.2. The minimum Gasteiger partial charge on any atom is -0.419 e. The van der Waals surface area contributed by atoms with E-state index in [2.05, 4.69) is 11.1 Å². The molecule has 1 aliphatic rings. The number of benzene rings is 2. The van der Waals surface area contributed by atoms with Crippen molar-refractivity contribution in [3.63, 3.8) is 0 Å². The van der Waals surface area contributed by atoms with Crippen molar-refractivity contribution in [2.45, 2.75) is 11.8 Å². The Morgan fingerprint density at radius 3 is 2.27 bits per heavy atom. The van der Waals surface area contributed by atoms with Crippen molar-refractivity contribution in [1.29, 1.82) is 5.26 Å². The van der Waals surface area contributed by atoms with Crippen LogP contribution in [0.3, 0.4) is 0 Å². The molecule has 1 aliphatic heterocycles. The largest absolute Gasteiger partial charge is 0.419 e. The summed E-state index contributed by atoms with van der Waals surface area (Å²) in [5.74, 6) is 0.201. The molecule has 0 aliphatic carbocycles. The number of hydrogen-bond acceptors (Lipinski definition) is 6. The van der Waals surface area contributed by atoms with Crippen molar-refractivity contribution < 1.29 is 17.2 Å². The van der Waals surface area contributed by atoms with Crippen molar-refractivity contribution in [3.8, 4) is 17.5 Å². The average molecular weight is 426 g/mol. The van der Waals surface area contributed by atoms with E-state index in [4.69, 9.17) is 4.42 Å². The molecule has 0 saturated carbocycles. The number of anilines is 1. The fraction of sp³-hybridized carbons (Fsp3) is 0.238. The van der Waals surface area contributed by atoms with E-state index in [0.29, 0.717) is 24.9 Å². The minimum absolute atomic E-state index is 0.0522. The van der Waals surface area contributed by atoms with Crippen molar-refractivity contribution in [2.75, 3.05) is 31.1 Å². The summed E-state index contributed by atoms with van der Waals surface area (Å²) in [5.41, 5.74) is 2.03. The van der Waals surface area contributed by atoms with Gasteiger partial charge in [-0.3, -0.25) is 0 Å². The smallest absolute Gasteiger partial charge is 0.243 e. The van der Waals surface area contributed by atoms with Crippen LogP contribution in [-0.2, 0) is 10.0 Å². The molecule has 154 valence electrons. The summed E-state index contributed by atoms with van der Waals surface area (Å²) < 4.78 is 45.9. The van der Waals surface area contributed by atoms with E-state index in [1.54, 1.807) is 0 Å². The normalized spacial score (nSPS) is 15.2. The first-order chi connectivity index (χ1) is 14.4. The number of nitrogens with zero attached hydrogens (tertiary/aromatic N) is 4. The monoisotopic (exact) mass is 426 g/mol. The van der Waals surface area contributed by atoms with E-state index in [9.17, 15) is 18.1 Å². The van der Waals surface area contributed by atoms with Crippen LogP contribution in [-0.4, -0.2) is 43.9 Å². The second-order valence-electron chi connectivity index (χ2n) is 7.00. The predicted molar refractivity (Wildman–Crippen MR) is 109 cm³/mol. The summed E-state index contributed by atoms with van der Waals surface area (Å²) in [5, 5.41) is 9.47. The molecule has 2 aromatic carbocycles. The highest BCUT2D eigenvalue weighted by Crippen LogP contribution is 2.29. The number of hydrogen-bond donors (Lipinski definition) is 0. The molecule has 1 fully saturated rings. The van der Waals surface area contributed by atoms with Crippen LogP contribution in [0, 0.1) is 24.1 Å². The Bertz CT molecular complexity index is 1190. The molecular weight excluding hydrogens is 407 g/mol. The molecule has 0 atom stereocenters. The maximum atomic E-state index is 13.1. The van der Waals surface area contributed by atoms with E-state index < -0.39 is 15.8 Å². The van der Waals surface area contributed by atoms with E-state index >= 15 is 0 Å². The number of sulfonamides is 1. The quantitative estimate of drug-likeness (QED) is 0.637. The zero-order chi connectivity index (χ0) is 21.3. The molecule has 7 nitrogen and oxygen atoms in total. The lowest BCUT2D eigenvalue weighted by Crippen LogP contribution is -2.48. The Balaban J connectivity index is 1.52. The van der Waals surface area contributed by atoms with E-state index in [-0.39, 0.29) is 23.7 Å². The first-order valence-electron chi connectivity index (χ1n) is 9.37. The average Bonchev–Trinajstić information content (AvgIpc) is 3.19. The molecule has 3 aromatic rings. The molecular formula is C21H19FN4O3S. The molecule has 9 heteroatoms. The van der Waals surface area contributed by atoms with Crippen molar-refractivity contribution in [3.05, 3.63) is 65.6 Å². The molecule has 1 aromatic heterocycles. The van der Waals surface area contributed by atoms with E-state index in [1.165, 1.54) is 16.4 Å². The number of oxazole rings is 1. The SMILES string of the molecule is Cc1ccc(-c2nc(C#N)c(N3CCN(S(=O)(=O)c4ccc(F)cc4)CC3)o2)cc1. The van der Waals surface area contributed by atoms with Gasteiger partial charge in [-0.2, -0.15) is 14.6 Å². The van der Waals surface area contributed by atoms with Gasteiger partial charge in [0.2, 0.25) is 27.5 Å². The van der Waals surface area contributed by atoms with Gasteiger partial charge in [-0.15, -0.1) is 0 Å². The second-order valence-corrected chi connectivity index (χ2v) is 8.93. The molecule has 2 heterocycles. The van der Waals surface area contributed by atoms with Crippen LogP contribution in [0.25, 0.3) is 11.5 Å². The lowest BCUT2D eigenvalue weighted by Gasteiger charge is -2.33. The third kappa shape index (κ3) is 3.79. The van der Waals surface area contributed by atoms with Crippen LogP contribution in [0.4, 0.5) is 10.3 Å². The van der Waals surface area contributed by atoms with Gasteiger partial charge in [0, 0.05) is 31.7 Å². The fourth-order valence-electron chi connectivity index (χ4n) is 3.31. The van der Waals surface area contributed by atoms with Crippen LogP contribution in [0.5, 0.6) is 0 Å². The molecule has 30 heavy (non-hydrogen) atoms. The third-order valence-electron chi connectivity index (χ3n) is 4.99. The summed E-state index contributed by atoms with van der Waals surface area (Å²) in [6.07, 6.45) is 0. The summed E-state index contributed by atoms with van der Waals surface area (Å²) >= 11 is 0. The van der Waals surface area contributed by atoms with Crippen molar-refractivity contribution in [2.24, 2.45) is 0 Å². The molecule has 0 amide bonds. The topological polar surface area (TPSA) is 90.4 Å². The number of aromatic nitrogens is 1. The van der Waals surface area contributed by atoms with Crippen LogP contribution in [0.15, 0.2) is 57.8 Å². The van der Waals surface area contributed by atoms with Crippen molar-refractivity contribution in [1.82, 2.24) is 9.29 Å². The minimum atomic E-state index is -3.71. The Morgan fingerprint density at radius 2 is 1.67 bits per heavy atom. The van der Waals surface area contributed by atoms with Crippen LogP contribution in [0.2, 0.25) is 0 Å². The van der Waals surface area contributed by atoms with E-state index in [1.807, 2.05) is 36.1 Å². The molecule has 0 unspecified atom stereocenters. The molecule has 4 rings (SSSR count). The summed E-state index contributed by atoms with van der Waals surface area (Å²) in [7, 11) is -3.71. The molecule has 0 N–H and O–H groups in total. The molecule has 0 spiro atoms. The second kappa shape index (κ2) is 7.89. The van der Waals surface area contributed by atoms with Crippen LogP contribution in [0.1, 0.15) is 11.3 Å². The van der Waals surface area contributed by atoms with Gasteiger partial charge in [-0.1, -0.05) is 17.7 Å². The van der Waals surface area contributed by atoms with Gasteiger partial charge in [-0.05, 0) is 43.3 Å². The summed E-state index contributed by atoms with van der Waals surface area (Å²) in [6.45, 7) is 3.09. The van der Waals surface area contributed by atoms with Gasteiger partial charge >= 0.3 is 0 Å². The molecule has 0 radical (unpaired) electrons. The van der Waals surface area contributed by atoms with E-state index in [0.717, 1.165) is 23.3 Å². The molecule has 0 bridgehead atoms. The van der Waals surface area contributed by atoms with Crippen molar-refractivity contribution >= 4 is 15.9 Å². The zero-order valence-electron chi connectivity index (χ0n) is 16.2. The van der Waals surface area contributed by atoms with Gasteiger partial charge in [0.1, 0.15) is 11.9 Å².